The van der Waals surface area contributed by atoms with Crippen molar-refractivity contribution in [1.29, 1.82) is 0 Å². The average Bonchev–Trinajstić information content (AvgIpc) is 2.92. The maximum atomic E-state index is 11.2. The van der Waals surface area contributed by atoms with Crippen LogP contribution in [0, 0.1) is 5.92 Å². The van der Waals surface area contributed by atoms with E-state index in [2.05, 4.69) is 4.90 Å². The SMILES string of the molecule is CN(CCN1CCCC1)C(C(=O)O)C1CC1. The summed E-state index contributed by atoms with van der Waals surface area (Å²) >= 11 is 0. The van der Waals surface area contributed by atoms with Crippen molar-refractivity contribution in [2.45, 2.75) is 31.7 Å². The molecule has 1 unspecified atom stereocenters. The van der Waals surface area contributed by atoms with Crippen LogP contribution in [-0.2, 0) is 4.79 Å². The van der Waals surface area contributed by atoms with Gasteiger partial charge in [-0.15, -0.1) is 0 Å². The highest BCUT2D eigenvalue weighted by Crippen LogP contribution is 2.35. The Morgan fingerprint density at radius 3 is 2.56 bits per heavy atom. The lowest BCUT2D eigenvalue weighted by Crippen LogP contribution is -2.43. The molecular weight excluding hydrogens is 204 g/mol. The molecule has 1 saturated carbocycles. The summed E-state index contributed by atoms with van der Waals surface area (Å²) in [6, 6.07) is -0.248. The molecule has 0 aromatic heterocycles. The van der Waals surface area contributed by atoms with Crippen molar-refractivity contribution in [2.24, 2.45) is 5.92 Å². The number of carbonyl (C=O) groups is 1. The maximum Gasteiger partial charge on any atom is 0.321 e. The van der Waals surface area contributed by atoms with Crippen LogP contribution in [0.1, 0.15) is 25.7 Å². The van der Waals surface area contributed by atoms with E-state index >= 15 is 0 Å². The van der Waals surface area contributed by atoms with Gasteiger partial charge in [-0.3, -0.25) is 9.69 Å². The third-order valence-corrected chi connectivity index (χ3v) is 3.76. The Morgan fingerprint density at radius 2 is 2.06 bits per heavy atom. The van der Waals surface area contributed by atoms with Gasteiger partial charge < -0.3 is 10.0 Å². The number of carboxylic acid groups (broad SMARTS) is 1. The number of hydrogen-bond donors (Lipinski definition) is 1. The minimum Gasteiger partial charge on any atom is -0.480 e. The minimum atomic E-state index is -0.647. The predicted molar refractivity (Wildman–Crippen MR) is 62.5 cm³/mol. The van der Waals surface area contributed by atoms with Gasteiger partial charge >= 0.3 is 5.97 Å². The highest BCUT2D eigenvalue weighted by atomic mass is 16.4. The molecule has 2 aliphatic rings. The van der Waals surface area contributed by atoms with Crippen molar-refractivity contribution in [3.63, 3.8) is 0 Å². The topological polar surface area (TPSA) is 43.8 Å². The first-order chi connectivity index (χ1) is 7.68. The Bertz CT molecular complexity index is 247. The molecule has 1 atom stereocenters. The molecule has 92 valence electrons. The zero-order valence-electron chi connectivity index (χ0n) is 10.1. The molecule has 16 heavy (non-hydrogen) atoms. The van der Waals surface area contributed by atoms with E-state index in [0.29, 0.717) is 5.92 Å². The van der Waals surface area contributed by atoms with E-state index in [4.69, 9.17) is 0 Å². The Morgan fingerprint density at radius 1 is 1.44 bits per heavy atom. The zero-order valence-corrected chi connectivity index (χ0v) is 10.1. The number of hydrogen-bond acceptors (Lipinski definition) is 3. The lowest BCUT2D eigenvalue weighted by atomic mass is 10.1. The monoisotopic (exact) mass is 226 g/mol. The van der Waals surface area contributed by atoms with Gasteiger partial charge in [-0.05, 0) is 51.7 Å². The summed E-state index contributed by atoms with van der Waals surface area (Å²) in [4.78, 5) is 15.6. The number of likely N-dealkylation sites (N-methyl/N-ethyl adjacent to an activating group) is 1. The summed E-state index contributed by atoms with van der Waals surface area (Å²) in [7, 11) is 1.95. The average molecular weight is 226 g/mol. The highest BCUT2D eigenvalue weighted by Gasteiger charge is 2.38. The van der Waals surface area contributed by atoms with Crippen LogP contribution in [0.5, 0.6) is 0 Å². The quantitative estimate of drug-likeness (QED) is 0.730. The van der Waals surface area contributed by atoms with E-state index in [1.165, 1.54) is 25.9 Å². The second kappa shape index (κ2) is 5.15. The molecule has 0 aromatic rings. The molecule has 1 aliphatic carbocycles. The molecule has 1 heterocycles. The van der Waals surface area contributed by atoms with Gasteiger partial charge in [-0.25, -0.2) is 0 Å². The van der Waals surface area contributed by atoms with Crippen LogP contribution in [0.3, 0.4) is 0 Å². The first-order valence-electron chi connectivity index (χ1n) is 6.34. The summed E-state index contributed by atoms with van der Waals surface area (Å²) in [6.45, 7) is 4.28. The fourth-order valence-electron chi connectivity index (χ4n) is 2.61. The molecule has 4 nitrogen and oxygen atoms in total. The van der Waals surface area contributed by atoms with Crippen molar-refractivity contribution in [2.75, 3.05) is 33.2 Å². The molecule has 0 radical (unpaired) electrons. The van der Waals surface area contributed by atoms with E-state index in [1.54, 1.807) is 0 Å². The number of nitrogens with zero attached hydrogens (tertiary/aromatic N) is 2. The summed E-state index contributed by atoms with van der Waals surface area (Å²) in [6.07, 6.45) is 4.78. The molecule has 1 saturated heterocycles. The largest absolute Gasteiger partial charge is 0.480 e. The fourth-order valence-corrected chi connectivity index (χ4v) is 2.61. The minimum absolute atomic E-state index is 0.248. The predicted octanol–water partition coefficient (Wildman–Crippen LogP) is 0.877. The van der Waals surface area contributed by atoms with Crippen LogP contribution >= 0.6 is 0 Å². The van der Waals surface area contributed by atoms with Gasteiger partial charge in [-0.2, -0.15) is 0 Å². The van der Waals surface area contributed by atoms with E-state index < -0.39 is 5.97 Å². The molecule has 4 heteroatoms. The summed E-state index contributed by atoms with van der Waals surface area (Å²) in [5.41, 5.74) is 0. The number of likely N-dealkylation sites (tertiary alicyclic amines) is 1. The van der Waals surface area contributed by atoms with Crippen molar-refractivity contribution in [1.82, 2.24) is 9.80 Å². The highest BCUT2D eigenvalue weighted by molar-refractivity contribution is 5.74. The molecule has 1 N–H and O–H groups in total. The Kier molecular flexibility index (Phi) is 3.82. The van der Waals surface area contributed by atoms with E-state index in [9.17, 15) is 9.90 Å². The van der Waals surface area contributed by atoms with Crippen LogP contribution in [0.15, 0.2) is 0 Å². The Labute approximate surface area is 97.2 Å². The lowest BCUT2D eigenvalue weighted by molar-refractivity contribution is -0.143. The standard InChI is InChI=1S/C12H22N2O2/c1-13(8-9-14-6-2-3-7-14)11(12(15)16)10-4-5-10/h10-11H,2-9H2,1H3,(H,15,16). The van der Waals surface area contributed by atoms with Crippen LogP contribution < -0.4 is 0 Å². The molecule has 0 bridgehead atoms. The van der Waals surface area contributed by atoms with Crippen LogP contribution in [0.4, 0.5) is 0 Å². The van der Waals surface area contributed by atoms with Gasteiger partial charge in [-0.1, -0.05) is 0 Å². The third-order valence-electron chi connectivity index (χ3n) is 3.76. The Balaban J connectivity index is 1.76. The van der Waals surface area contributed by atoms with Crippen LogP contribution in [0.2, 0.25) is 0 Å². The van der Waals surface area contributed by atoms with Gasteiger partial charge in [0.15, 0.2) is 0 Å². The maximum absolute atomic E-state index is 11.2. The molecular formula is C12H22N2O2. The van der Waals surface area contributed by atoms with Crippen molar-refractivity contribution in [3.05, 3.63) is 0 Å². The second-order valence-electron chi connectivity index (χ2n) is 5.15. The first-order valence-corrected chi connectivity index (χ1v) is 6.34. The van der Waals surface area contributed by atoms with Gasteiger partial charge in [0.25, 0.3) is 0 Å². The van der Waals surface area contributed by atoms with E-state index in [1.807, 2.05) is 11.9 Å². The van der Waals surface area contributed by atoms with Crippen LogP contribution in [0.25, 0.3) is 0 Å². The Hall–Kier alpha value is -0.610. The van der Waals surface area contributed by atoms with Gasteiger partial charge in [0.05, 0.1) is 0 Å². The smallest absolute Gasteiger partial charge is 0.321 e. The van der Waals surface area contributed by atoms with Gasteiger partial charge in [0, 0.05) is 13.1 Å². The molecule has 2 rings (SSSR count). The summed E-state index contributed by atoms with van der Waals surface area (Å²) < 4.78 is 0. The fraction of sp³-hybridized carbons (Fsp3) is 0.917. The lowest BCUT2D eigenvalue weighted by Gasteiger charge is -2.26. The van der Waals surface area contributed by atoms with Crippen molar-refractivity contribution < 1.29 is 9.90 Å². The summed E-state index contributed by atoms with van der Waals surface area (Å²) in [5.74, 6) is -0.243. The zero-order chi connectivity index (χ0) is 11.5. The second-order valence-corrected chi connectivity index (χ2v) is 5.15. The molecule has 0 aromatic carbocycles. The third kappa shape index (κ3) is 2.95. The number of aliphatic carboxylic acids is 1. The summed E-state index contributed by atoms with van der Waals surface area (Å²) in [5, 5.41) is 9.19. The normalized spacial score (nSPS) is 23.9. The van der Waals surface area contributed by atoms with Crippen LogP contribution in [-0.4, -0.2) is 60.1 Å². The molecule has 0 amide bonds. The van der Waals surface area contributed by atoms with E-state index in [-0.39, 0.29) is 6.04 Å². The number of carboxylic acids is 1. The van der Waals surface area contributed by atoms with Gasteiger partial charge in [0.2, 0.25) is 0 Å². The molecule has 1 aliphatic heterocycles. The van der Waals surface area contributed by atoms with Crippen molar-refractivity contribution >= 4 is 5.97 Å². The van der Waals surface area contributed by atoms with Crippen molar-refractivity contribution in [3.8, 4) is 0 Å². The molecule has 0 spiro atoms. The molecule has 2 fully saturated rings. The first kappa shape index (κ1) is 11.9. The van der Waals surface area contributed by atoms with E-state index in [0.717, 1.165) is 25.9 Å². The van der Waals surface area contributed by atoms with Gasteiger partial charge in [0.1, 0.15) is 6.04 Å². The number of rotatable bonds is 6.